The van der Waals surface area contributed by atoms with E-state index < -0.39 is 0 Å². The van der Waals surface area contributed by atoms with Gasteiger partial charge in [-0.1, -0.05) is 23.7 Å². The van der Waals surface area contributed by atoms with Gasteiger partial charge >= 0.3 is 0 Å². The third-order valence-electron chi connectivity index (χ3n) is 2.68. The van der Waals surface area contributed by atoms with E-state index in [2.05, 4.69) is 27.9 Å². The number of carbonyl (C=O) groups excluding carboxylic acids is 1. The monoisotopic (exact) mass is 401 g/mol. The number of carbonyl (C=O) groups is 1. The van der Waals surface area contributed by atoms with Crippen molar-refractivity contribution < 1.29 is 9.53 Å². The molecule has 0 atom stereocenters. The Morgan fingerprint density at radius 2 is 2.10 bits per heavy atom. The second-order valence-corrected chi connectivity index (χ2v) is 5.79. The Kier molecular flexibility index (Phi) is 5.39. The first-order valence-electron chi connectivity index (χ1n) is 5.94. The molecule has 0 unspecified atom stereocenters. The van der Waals surface area contributed by atoms with Crippen LogP contribution in [0.4, 0.5) is 5.69 Å². The molecule has 0 aliphatic carbocycles. The number of anilines is 1. The van der Waals surface area contributed by atoms with Crippen molar-refractivity contribution in [2.24, 2.45) is 0 Å². The number of amides is 1. The Morgan fingerprint density at radius 3 is 2.80 bits per heavy atom. The number of halogens is 2. The molecule has 3 nitrogen and oxygen atoms in total. The number of benzene rings is 2. The van der Waals surface area contributed by atoms with Crippen LogP contribution in [-0.4, -0.2) is 13.0 Å². The second kappa shape index (κ2) is 7.06. The summed E-state index contributed by atoms with van der Waals surface area (Å²) < 4.78 is 5.92. The quantitative estimate of drug-likeness (QED) is 0.774. The first-order valence-corrected chi connectivity index (χ1v) is 7.40. The number of rotatable bonds is 4. The third-order valence-corrected chi connectivity index (χ3v) is 4.22. The highest BCUT2D eigenvalue weighted by molar-refractivity contribution is 14.1. The molecule has 0 aromatic heterocycles. The van der Waals surface area contributed by atoms with Gasteiger partial charge in [0.1, 0.15) is 0 Å². The maximum Gasteiger partial charge on any atom is 0.255 e. The van der Waals surface area contributed by atoms with E-state index in [0.29, 0.717) is 17.2 Å². The highest BCUT2D eigenvalue weighted by Gasteiger charge is 2.08. The normalized spacial score (nSPS) is 10.3. The third kappa shape index (κ3) is 3.94. The largest absolute Gasteiger partial charge is 0.380 e. The molecule has 0 fully saturated rings. The van der Waals surface area contributed by atoms with Crippen molar-refractivity contribution in [2.75, 3.05) is 12.4 Å². The Labute approximate surface area is 136 Å². The lowest BCUT2D eigenvalue weighted by atomic mass is 10.2. The number of hydrogen-bond acceptors (Lipinski definition) is 2. The summed E-state index contributed by atoms with van der Waals surface area (Å²) in [5, 5.41) is 3.51. The molecule has 0 bridgehead atoms. The molecule has 1 amide bonds. The van der Waals surface area contributed by atoms with Gasteiger partial charge in [-0.2, -0.15) is 0 Å². The lowest BCUT2D eigenvalue weighted by Crippen LogP contribution is -2.12. The average Bonchev–Trinajstić information content (AvgIpc) is 2.42. The second-order valence-electron chi connectivity index (χ2n) is 4.22. The summed E-state index contributed by atoms with van der Waals surface area (Å²) in [6, 6.07) is 12.8. The molecular weight excluding hydrogens is 389 g/mol. The highest BCUT2D eigenvalue weighted by Crippen LogP contribution is 2.20. The molecule has 0 saturated carbocycles. The summed E-state index contributed by atoms with van der Waals surface area (Å²) in [5.74, 6) is -0.158. The van der Waals surface area contributed by atoms with E-state index in [1.807, 2.05) is 24.3 Å². The van der Waals surface area contributed by atoms with Gasteiger partial charge in [0, 0.05) is 21.9 Å². The van der Waals surface area contributed by atoms with Gasteiger partial charge in [-0.3, -0.25) is 4.79 Å². The minimum absolute atomic E-state index is 0.158. The summed E-state index contributed by atoms with van der Waals surface area (Å²) in [7, 11) is 1.64. The molecular formula is C15H13ClINO2. The Bertz CT molecular complexity index is 631. The molecule has 0 aliphatic heterocycles. The zero-order valence-electron chi connectivity index (χ0n) is 10.8. The molecule has 2 aromatic carbocycles. The van der Waals surface area contributed by atoms with Crippen molar-refractivity contribution in [1.82, 2.24) is 0 Å². The smallest absolute Gasteiger partial charge is 0.255 e. The Hall–Kier alpha value is -1.11. The van der Waals surface area contributed by atoms with E-state index in [0.717, 1.165) is 14.8 Å². The number of nitrogens with one attached hydrogen (secondary N) is 1. The fourth-order valence-corrected chi connectivity index (χ4v) is 2.38. The van der Waals surface area contributed by atoms with Crippen LogP contribution in [-0.2, 0) is 11.3 Å². The predicted molar refractivity (Wildman–Crippen MR) is 89.3 cm³/mol. The number of methoxy groups -OCH3 is 1. The summed E-state index contributed by atoms with van der Waals surface area (Å²) in [6.07, 6.45) is 0. The van der Waals surface area contributed by atoms with Crippen molar-refractivity contribution in [1.29, 1.82) is 0 Å². The van der Waals surface area contributed by atoms with E-state index in [-0.39, 0.29) is 5.91 Å². The van der Waals surface area contributed by atoms with Crippen molar-refractivity contribution >= 4 is 45.8 Å². The van der Waals surface area contributed by atoms with Crippen molar-refractivity contribution in [3.63, 3.8) is 0 Å². The van der Waals surface area contributed by atoms with E-state index in [9.17, 15) is 4.79 Å². The molecule has 20 heavy (non-hydrogen) atoms. The molecule has 0 saturated heterocycles. The predicted octanol–water partition coefficient (Wildman–Crippen LogP) is 4.34. The molecule has 1 N–H and O–H groups in total. The summed E-state index contributed by atoms with van der Waals surface area (Å²) in [5.41, 5.74) is 2.33. The lowest BCUT2D eigenvalue weighted by molar-refractivity contribution is 0.102. The molecule has 0 heterocycles. The molecule has 0 radical (unpaired) electrons. The number of ether oxygens (including phenoxy) is 1. The van der Waals surface area contributed by atoms with Gasteiger partial charge in [0.05, 0.1) is 11.6 Å². The fraction of sp³-hybridized carbons (Fsp3) is 0.133. The van der Waals surface area contributed by atoms with Gasteiger partial charge in [0.15, 0.2) is 0 Å². The highest BCUT2D eigenvalue weighted by atomic mass is 127. The SMILES string of the molecule is COCc1cccc(NC(=O)c2ccc(Cl)c(I)c2)c1. The molecule has 2 aromatic rings. The van der Waals surface area contributed by atoms with E-state index in [1.54, 1.807) is 25.3 Å². The maximum atomic E-state index is 12.2. The van der Waals surface area contributed by atoms with Crippen LogP contribution >= 0.6 is 34.2 Å². The van der Waals surface area contributed by atoms with Crippen LogP contribution in [0.25, 0.3) is 0 Å². The minimum Gasteiger partial charge on any atom is -0.380 e. The Balaban J connectivity index is 2.14. The molecule has 5 heteroatoms. The van der Waals surface area contributed by atoms with E-state index in [4.69, 9.17) is 16.3 Å². The molecule has 2 rings (SSSR count). The zero-order valence-corrected chi connectivity index (χ0v) is 13.7. The fourth-order valence-electron chi connectivity index (χ4n) is 1.75. The molecule has 104 valence electrons. The van der Waals surface area contributed by atoms with Gasteiger partial charge in [0.25, 0.3) is 5.91 Å². The summed E-state index contributed by atoms with van der Waals surface area (Å²) >= 11 is 8.05. The molecule has 0 spiro atoms. The first-order chi connectivity index (χ1) is 9.60. The topological polar surface area (TPSA) is 38.3 Å². The molecule has 0 aliphatic rings. The Morgan fingerprint density at radius 1 is 1.30 bits per heavy atom. The standard InChI is InChI=1S/C15H13ClINO2/c1-20-9-10-3-2-4-12(7-10)18-15(19)11-5-6-13(16)14(17)8-11/h2-8H,9H2,1H3,(H,18,19). The summed E-state index contributed by atoms with van der Waals surface area (Å²) in [6.45, 7) is 0.516. The van der Waals surface area contributed by atoms with Crippen LogP contribution in [0.1, 0.15) is 15.9 Å². The van der Waals surface area contributed by atoms with E-state index in [1.165, 1.54) is 0 Å². The summed E-state index contributed by atoms with van der Waals surface area (Å²) in [4.78, 5) is 12.2. The van der Waals surface area contributed by atoms with Gasteiger partial charge in [-0.15, -0.1) is 0 Å². The van der Waals surface area contributed by atoms with Crippen molar-refractivity contribution in [2.45, 2.75) is 6.61 Å². The van der Waals surface area contributed by atoms with Crippen LogP contribution in [0.5, 0.6) is 0 Å². The van der Waals surface area contributed by atoms with Crippen molar-refractivity contribution in [3.05, 3.63) is 62.2 Å². The van der Waals surface area contributed by atoms with Gasteiger partial charge in [-0.25, -0.2) is 0 Å². The van der Waals surface area contributed by atoms with Gasteiger partial charge in [0.2, 0.25) is 0 Å². The zero-order chi connectivity index (χ0) is 14.5. The number of hydrogen-bond donors (Lipinski definition) is 1. The first kappa shape index (κ1) is 15.3. The van der Waals surface area contributed by atoms with Crippen molar-refractivity contribution in [3.8, 4) is 0 Å². The average molecular weight is 402 g/mol. The van der Waals surface area contributed by atoms with Crippen LogP contribution in [0.2, 0.25) is 5.02 Å². The maximum absolute atomic E-state index is 12.2. The van der Waals surface area contributed by atoms with E-state index >= 15 is 0 Å². The van der Waals surface area contributed by atoms with Crippen LogP contribution in [0.3, 0.4) is 0 Å². The lowest BCUT2D eigenvalue weighted by Gasteiger charge is -2.08. The van der Waals surface area contributed by atoms with Gasteiger partial charge in [-0.05, 0) is 58.5 Å². The van der Waals surface area contributed by atoms with Crippen LogP contribution in [0.15, 0.2) is 42.5 Å². The minimum atomic E-state index is -0.158. The van der Waals surface area contributed by atoms with Gasteiger partial charge < -0.3 is 10.1 Å². The van der Waals surface area contributed by atoms with Crippen LogP contribution < -0.4 is 5.32 Å². The van der Waals surface area contributed by atoms with Crippen LogP contribution in [0, 0.1) is 3.57 Å².